The molecule has 7 heteroatoms. The molecule has 0 saturated carbocycles. The minimum absolute atomic E-state index is 0.0495. The highest BCUT2D eigenvalue weighted by Crippen LogP contribution is 2.42. The average Bonchev–Trinajstić information content (AvgIpc) is 3.48. The van der Waals surface area contributed by atoms with Crippen molar-refractivity contribution in [3.05, 3.63) is 71.0 Å². The molecule has 1 saturated heterocycles. The molecule has 2 heterocycles. The average molecular weight is 474 g/mol. The molecule has 0 radical (unpaired) electrons. The summed E-state index contributed by atoms with van der Waals surface area (Å²) in [5.41, 5.74) is 3.67. The van der Waals surface area contributed by atoms with Gasteiger partial charge in [-0.15, -0.1) is 0 Å². The summed E-state index contributed by atoms with van der Waals surface area (Å²) in [6, 6.07) is 14.6. The van der Waals surface area contributed by atoms with E-state index in [2.05, 4.69) is 13.8 Å². The number of fused-ring (bicyclic) bond motifs is 1. The van der Waals surface area contributed by atoms with Gasteiger partial charge < -0.3 is 14.4 Å². The number of likely N-dealkylation sites (tertiary alicyclic amines) is 1. The van der Waals surface area contributed by atoms with Crippen molar-refractivity contribution in [2.45, 2.75) is 45.6 Å². The van der Waals surface area contributed by atoms with Crippen LogP contribution in [0.4, 0.5) is 0 Å². The molecule has 2 aromatic carbocycles. The summed E-state index contributed by atoms with van der Waals surface area (Å²) in [5, 5.41) is 5.01. The number of aromatic nitrogens is 2. The molecule has 0 spiro atoms. The van der Waals surface area contributed by atoms with Gasteiger partial charge in [0, 0.05) is 18.5 Å². The number of ether oxygens (including phenoxy) is 2. The number of nitrogens with zero attached hydrogens (tertiary/aromatic N) is 3. The largest absolute Gasteiger partial charge is 0.497 e. The minimum Gasteiger partial charge on any atom is -0.497 e. The van der Waals surface area contributed by atoms with Crippen LogP contribution in [-0.4, -0.2) is 47.1 Å². The molecule has 1 amide bonds. The number of ketones is 1. The maximum atomic E-state index is 13.5. The molecule has 1 aliphatic carbocycles. The zero-order chi connectivity index (χ0) is 24.7. The van der Waals surface area contributed by atoms with Gasteiger partial charge >= 0.3 is 0 Å². The number of hydrogen-bond donors (Lipinski definition) is 0. The molecule has 7 nitrogen and oxygen atoms in total. The van der Waals surface area contributed by atoms with Crippen LogP contribution in [0.1, 0.15) is 71.3 Å². The first-order valence-electron chi connectivity index (χ1n) is 12.1. The van der Waals surface area contributed by atoms with Crippen molar-refractivity contribution >= 4 is 11.7 Å². The Labute approximate surface area is 205 Å². The van der Waals surface area contributed by atoms with Crippen LogP contribution >= 0.6 is 0 Å². The van der Waals surface area contributed by atoms with Gasteiger partial charge in [0.05, 0.1) is 42.9 Å². The molecule has 2 aliphatic rings. The fourth-order valence-corrected chi connectivity index (χ4v) is 5.34. The summed E-state index contributed by atoms with van der Waals surface area (Å²) in [4.78, 5) is 28.8. The molecule has 1 atom stereocenters. The lowest BCUT2D eigenvalue weighted by atomic mass is 9.75. The SMILES string of the molecule is COc1ccc(C(=O)N2CCC[C@H]2c2nn(-c3ccc(OC)cc3)c3c2C(=O)CC(C)(C)C3)cc1. The summed E-state index contributed by atoms with van der Waals surface area (Å²) in [5.74, 6) is 1.53. The first-order chi connectivity index (χ1) is 16.8. The summed E-state index contributed by atoms with van der Waals surface area (Å²) in [7, 11) is 3.24. The molecule has 0 N–H and O–H groups in total. The van der Waals surface area contributed by atoms with Gasteiger partial charge in [-0.25, -0.2) is 4.68 Å². The fourth-order valence-electron chi connectivity index (χ4n) is 5.34. The third-order valence-corrected chi connectivity index (χ3v) is 7.06. The van der Waals surface area contributed by atoms with Gasteiger partial charge in [-0.3, -0.25) is 9.59 Å². The van der Waals surface area contributed by atoms with E-state index in [1.165, 1.54) is 0 Å². The molecule has 0 bridgehead atoms. The van der Waals surface area contributed by atoms with E-state index in [0.29, 0.717) is 29.8 Å². The molecule has 35 heavy (non-hydrogen) atoms. The minimum atomic E-state index is -0.233. The Hall–Kier alpha value is -3.61. The predicted octanol–water partition coefficient (Wildman–Crippen LogP) is 5.02. The monoisotopic (exact) mass is 473 g/mol. The van der Waals surface area contributed by atoms with Gasteiger partial charge in [-0.05, 0) is 73.2 Å². The second kappa shape index (κ2) is 8.87. The lowest BCUT2D eigenvalue weighted by molar-refractivity contribution is 0.0728. The molecular weight excluding hydrogens is 442 g/mol. The zero-order valence-corrected chi connectivity index (χ0v) is 20.7. The number of methoxy groups -OCH3 is 2. The topological polar surface area (TPSA) is 73.7 Å². The molecule has 1 fully saturated rings. The highest BCUT2D eigenvalue weighted by molar-refractivity contribution is 6.00. The van der Waals surface area contributed by atoms with Gasteiger partial charge in [-0.1, -0.05) is 13.8 Å². The van der Waals surface area contributed by atoms with Crippen LogP contribution in [0.15, 0.2) is 48.5 Å². The van der Waals surface area contributed by atoms with E-state index in [0.717, 1.165) is 42.1 Å². The van der Waals surface area contributed by atoms with E-state index in [1.54, 1.807) is 38.5 Å². The van der Waals surface area contributed by atoms with Crippen molar-refractivity contribution in [2.24, 2.45) is 5.41 Å². The summed E-state index contributed by atoms with van der Waals surface area (Å²) in [6.07, 6.45) is 2.87. The Morgan fingerprint density at radius 2 is 1.60 bits per heavy atom. The van der Waals surface area contributed by atoms with Crippen molar-refractivity contribution in [3.63, 3.8) is 0 Å². The maximum absolute atomic E-state index is 13.5. The van der Waals surface area contributed by atoms with E-state index < -0.39 is 0 Å². The van der Waals surface area contributed by atoms with Gasteiger partial charge in [-0.2, -0.15) is 5.10 Å². The Balaban J connectivity index is 1.57. The quantitative estimate of drug-likeness (QED) is 0.520. The normalized spacial score (nSPS) is 18.9. The standard InChI is InChI=1S/C28H31N3O4/c1-28(2)16-23-25(24(32)17-28)26(29-31(23)19-9-13-21(35-4)14-10-19)22-6-5-15-30(22)27(33)18-7-11-20(34-3)12-8-18/h7-14,22H,5-6,15-17H2,1-4H3/t22-/m0/s1. The Kier molecular flexibility index (Phi) is 5.87. The van der Waals surface area contributed by atoms with E-state index in [9.17, 15) is 9.59 Å². The number of amides is 1. The molecule has 182 valence electrons. The molecule has 5 rings (SSSR count). The Morgan fingerprint density at radius 3 is 2.23 bits per heavy atom. The van der Waals surface area contributed by atoms with Gasteiger partial charge in [0.15, 0.2) is 5.78 Å². The lowest BCUT2D eigenvalue weighted by Crippen LogP contribution is -2.32. The fraction of sp³-hybridized carbons (Fsp3) is 0.393. The number of hydrogen-bond acceptors (Lipinski definition) is 5. The Morgan fingerprint density at radius 1 is 0.971 bits per heavy atom. The van der Waals surface area contributed by atoms with Gasteiger partial charge in [0.2, 0.25) is 0 Å². The van der Waals surface area contributed by atoms with Crippen LogP contribution in [0.5, 0.6) is 11.5 Å². The third-order valence-electron chi connectivity index (χ3n) is 7.06. The second-order valence-corrected chi connectivity index (χ2v) is 10.1. The van der Waals surface area contributed by atoms with Crippen LogP contribution in [-0.2, 0) is 6.42 Å². The first kappa shape index (κ1) is 23.1. The second-order valence-electron chi connectivity index (χ2n) is 10.1. The molecule has 0 unspecified atom stereocenters. The summed E-state index contributed by atoms with van der Waals surface area (Å²) in [6.45, 7) is 4.88. The number of rotatable bonds is 5. The summed E-state index contributed by atoms with van der Waals surface area (Å²) < 4.78 is 12.4. The van der Waals surface area contributed by atoms with Crippen LogP contribution in [0.25, 0.3) is 5.69 Å². The maximum Gasteiger partial charge on any atom is 0.254 e. The zero-order valence-electron chi connectivity index (χ0n) is 20.7. The lowest BCUT2D eigenvalue weighted by Gasteiger charge is -2.30. The third kappa shape index (κ3) is 4.20. The van der Waals surface area contributed by atoms with E-state index in [1.807, 2.05) is 33.8 Å². The molecular formula is C28H31N3O4. The van der Waals surface area contributed by atoms with Crippen LogP contribution in [0, 0.1) is 5.41 Å². The van der Waals surface area contributed by atoms with Crippen LogP contribution < -0.4 is 9.47 Å². The summed E-state index contributed by atoms with van der Waals surface area (Å²) >= 11 is 0. The number of carbonyl (C=O) groups is 2. The molecule has 3 aromatic rings. The molecule has 1 aliphatic heterocycles. The van der Waals surface area contributed by atoms with Crippen molar-refractivity contribution in [2.75, 3.05) is 20.8 Å². The first-order valence-corrected chi connectivity index (χ1v) is 12.1. The van der Waals surface area contributed by atoms with Crippen molar-refractivity contribution < 1.29 is 19.1 Å². The van der Waals surface area contributed by atoms with Crippen molar-refractivity contribution in [3.8, 4) is 17.2 Å². The van der Waals surface area contributed by atoms with Crippen molar-refractivity contribution in [1.29, 1.82) is 0 Å². The van der Waals surface area contributed by atoms with E-state index >= 15 is 0 Å². The van der Waals surface area contributed by atoms with Crippen molar-refractivity contribution in [1.82, 2.24) is 14.7 Å². The van der Waals surface area contributed by atoms with Gasteiger partial charge in [0.25, 0.3) is 5.91 Å². The number of benzene rings is 2. The highest BCUT2D eigenvalue weighted by atomic mass is 16.5. The van der Waals surface area contributed by atoms with E-state index in [-0.39, 0.29) is 23.1 Å². The molecule has 1 aromatic heterocycles. The van der Waals surface area contributed by atoms with Gasteiger partial charge in [0.1, 0.15) is 11.5 Å². The van der Waals surface area contributed by atoms with E-state index in [4.69, 9.17) is 14.6 Å². The smallest absolute Gasteiger partial charge is 0.254 e. The highest BCUT2D eigenvalue weighted by Gasteiger charge is 2.41. The Bertz CT molecular complexity index is 1260. The predicted molar refractivity (Wildman–Crippen MR) is 133 cm³/mol. The number of Topliss-reactive ketones (excluding diaryl/α,β-unsaturated/α-hetero) is 1. The van der Waals surface area contributed by atoms with Crippen LogP contribution in [0.3, 0.4) is 0 Å². The number of carbonyl (C=O) groups excluding carboxylic acids is 2. The van der Waals surface area contributed by atoms with Crippen LogP contribution in [0.2, 0.25) is 0 Å².